The molecule has 0 aromatic heterocycles. The van der Waals surface area contributed by atoms with Gasteiger partial charge in [-0.1, -0.05) is 12.1 Å². The van der Waals surface area contributed by atoms with Crippen LogP contribution < -0.4 is 0 Å². The van der Waals surface area contributed by atoms with Gasteiger partial charge in [0.1, 0.15) is 6.61 Å². The zero-order valence-corrected chi connectivity index (χ0v) is 15.3. The van der Waals surface area contributed by atoms with Gasteiger partial charge >= 0.3 is 5.97 Å². The molecule has 1 aromatic rings. The lowest BCUT2D eigenvalue weighted by atomic mass is 10.1. The van der Waals surface area contributed by atoms with E-state index in [0.29, 0.717) is 12.0 Å². The van der Waals surface area contributed by atoms with Crippen LogP contribution >= 0.6 is 0 Å². The van der Waals surface area contributed by atoms with Crippen molar-refractivity contribution in [1.29, 1.82) is 0 Å². The highest BCUT2D eigenvalue weighted by Gasteiger charge is 2.29. The predicted octanol–water partition coefficient (Wildman–Crippen LogP) is 0.805. The highest BCUT2D eigenvalue weighted by molar-refractivity contribution is 7.91. The van der Waals surface area contributed by atoms with E-state index in [4.69, 9.17) is 4.74 Å². The van der Waals surface area contributed by atoms with E-state index in [-0.39, 0.29) is 35.3 Å². The first-order valence-corrected chi connectivity index (χ1v) is 10.7. The Labute approximate surface area is 142 Å². The lowest BCUT2D eigenvalue weighted by Crippen LogP contribution is -2.22. The molecule has 1 aliphatic heterocycles. The molecule has 0 bridgehead atoms. The second-order valence-corrected chi connectivity index (χ2v) is 10.4. The molecule has 1 aromatic carbocycles. The third kappa shape index (κ3) is 4.78. The van der Waals surface area contributed by atoms with Crippen LogP contribution in [0.25, 0.3) is 0 Å². The van der Waals surface area contributed by atoms with Gasteiger partial charge in [-0.2, -0.15) is 0 Å². The fourth-order valence-corrected chi connectivity index (χ4v) is 5.33. The number of carbonyl (C=O) groups excluding carboxylic acids is 1. The maximum Gasteiger partial charge on any atom is 0.306 e. The quantitative estimate of drug-likeness (QED) is 0.682. The van der Waals surface area contributed by atoms with Gasteiger partial charge in [0.15, 0.2) is 9.84 Å². The van der Waals surface area contributed by atoms with Gasteiger partial charge in [-0.05, 0) is 30.0 Å². The highest BCUT2D eigenvalue weighted by Crippen LogP contribution is 2.22. The van der Waals surface area contributed by atoms with E-state index >= 15 is 0 Å². The van der Waals surface area contributed by atoms with Gasteiger partial charge in [-0.3, -0.25) is 4.79 Å². The van der Waals surface area contributed by atoms with Crippen molar-refractivity contribution in [2.24, 2.45) is 5.92 Å². The van der Waals surface area contributed by atoms with E-state index in [1.54, 1.807) is 12.1 Å². The SMILES string of the molecule is CN(C)S(=O)(=O)c1cccc(COC(=O)CC2CCS(=O)(=O)C2)c1. The molecule has 134 valence electrons. The fraction of sp³-hybridized carbons (Fsp3) is 0.533. The number of rotatable bonds is 6. The molecule has 1 unspecified atom stereocenters. The molecule has 0 N–H and O–H groups in total. The molecule has 1 saturated heterocycles. The van der Waals surface area contributed by atoms with Crippen LogP contribution in [0.3, 0.4) is 0 Å². The number of ether oxygens (including phenoxy) is 1. The van der Waals surface area contributed by atoms with Crippen LogP contribution in [0.4, 0.5) is 0 Å². The van der Waals surface area contributed by atoms with E-state index in [9.17, 15) is 21.6 Å². The van der Waals surface area contributed by atoms with Crippen molar-refractivity contribution in [2.75, 3.05) is 25.6 Å². The van der Waals surface area contributed by atoms with Crippen molar-refractivity contribution in [3.63, 3.8) is 0 Å². The Kier molecular flexibility index (Phi) is 5.67. The summed E-state index contributed by atoms with van der Waals surface area (Å²) in [5.74, 6) is -0.519. The Morgan fingerprint density at radius 1 is 1.33 bits per heavy atom. The molecule has 1 fully saturated rings. The van der Waals surface area contributed by atoms with Crippen LogP contribution in [0.15, 0.2) is 29.2 Å². The van der Waals surface area contributed by atoms with Crippen molar-refractivity contribution >= 4 is 25.8 Å². The van der Waals surface area contributed by atoms with Crippen LogP contribution in [0.5, 0.6) is 0 Å². The molecule has 9 heteroatoms. The summed E-state index contributed by atoms with van der Waals surface area (Å²) in [6, 6.07) is 6.19. The lowest BCUT2D eigenvalue weighted by Gasteiger charge is -2.12. The van der Waals surface area contributed by atoms with Gasteiger partial charge < -0.3 is 4.74 Å². The summed E-state index contributed by atoms with van der Waals surface area (Å²) in [4.78, 5) is 12.0. The second kappa shape index (κ2) is 7.20. The summed E-state index contributed by atoms with van der Waals surface area (Å²) in [6.45, 7) is -0.0465. The molecule has 0 amide bonds. The van der Waals surface area contributed by atoms with Gasteiger partial charge in [-0.25, -0.2) is 21.1 Å². The standard InChI is InChI=1S/C15H21NO6S2/c1-16(2)24(20,21)14-5-3-4-12(8-14)10-22-15(17)9-13-6-7-23(18,19)11-13/h3-5,8,13H,6-7,9-11H2,1-2H3. The van der Waals surface area contributed by atoms with Gasteiger partial charge in [0.05, 0.1) is 16.4 Å². The summed E-state index contributed by atoms with van der Waals surface area (Å²) >= 11 is 0. The number of sulfone groups is 1. The van der Waals surface area contributed by atoms with Gasteiger partial charge in [0.2, 0.25) is 10.0 Å². The van der Waals surface area contributed by atoms with Crippen LogP contribution in [-0.4, -0.2) is 52.7 Å². The van der Waals surface area contributed by atoms with Crippen LogP contribution in [-0.2, 0) is 36.0 Å². The molecule has 1 heterocycles. The number of carbonyl (C=O) groups is 1. The first kappa shape index (κ1) is 18.9. The average molecular weight is 375 g/mol. The minimum absolute atomic E-state index is 0.0265. The molecule has 0 spiro atoms. The Hall–Kier alpha value is -1.45. The lowest BCUT2D eigenvalue weighted by molar-refractivity contribution is -0.145. The average Bonchev–Trinajstić information content (AvgIpc) is 2.84. The maximum absolute atomic E-state index is 12.1. The smallest absolute Gasteiger partial charge is 0.306 e. The number of hydrogen-bond acceptors (Lipinski definition) is 6. The Morgan fingerprint density at radius 2 is 2.04 bits per heavy atom. The first-order valence-electron chi connectivity index (χ1n) is 7.48. The zero-order valence-electron chi connectivity index (χ0n) is 13.6. The van der Waals surface area contributed by atoms with Crippen LogP contribution in [0.2, 0.25) is 0 Å². The summed E-state index contributed by atoms with van der Waals surface area (Å²) in [5, 5.41) is 0. The minimum atomic E-state index is -3.54. The molecule has 2 rings (SSSR count). The first-order chi connectivity index (χ1) is 11.1. The van der Waals surface area contributed by atoms with E-state index < -0.39 is 25.8 Å². The third-order valence-electron chi connectivity index (χ3n) is 3.86. The second-order valence-electron chi connectivity index (χ2n) is 6.07. The number of hydrogen-bond donors (Lipinski definition) is 0. The molecule has 7 nitrogen and oxygen atoms in total. The van der Waals surface area contributed by atoms with E-state index in [1.165, 1.54) is 26.2 Å². The third-order valence-corrected chi connectivity index (χ3v) is 7.51. The van der Waals surface area contributed by atoms with Gasteiger partial charge in [0, 0.05) is 20.5 Å². The number of esters is 1. The Balaban J connectivity index is 1.94. The van der Waals surface area contributed by atoms with Crippen molar-refractivity contribution in [3.05, 3.63) is 29.8 Å². The molecular formula is C15H21NO6S2. The molecule has 1 atom stereocenters. The molecule has 24 heavy (non-hydrogen) atoms. The van der Waals surface area contributed by atoms with Gasteiger partial charge in [0.25, 0.3) is 0 Å². The van der Waals surface area contributed by atoms with Crippen LogP contribution in [0, 0.1) is 5.92 Å². The number of nitrogens with zero attached hydrogens (tertiary/aromatic N) is 1. The van der Waals surface area contributed by atoms with Crippen molar-refractivity contribution in [1.82, 2.24) is 4.31 Å². The molecular weight excluding hydrogens is 354 g/mol. The highest BCUT2D eigenvalue weighted by atomic mass is 32.2. The molecule has 1 aliphatic rings. The number of sulfonamides is 1. The predicted molar refractivity (Wildman–Crippen MR) is 88.5 cm³/mol. The topological polar surface area (TPSA) is 97.8 Å². The summed E-state index contributed by atoms with van der Waals surface area (Å²) in [6.07, 6.45) is 0.545. The fourth-order valence-electron chi connectivity index (χ4n) is 2.50. The van der Waals surface area contributed by atoms with Crippen molar-refractivity contribution in [2.45, 2.75) is 24.3 Å². The summed E-state index contributed by atoms with van der Waals surface area (Å²) < 4.78 is 53.2. The zero-order chi connectivity index (χ0) is 18.0. The normalized spacial score (nSPS) is 20.2. The molecule has 0 aliphatic carbocycles. The Bertz CT molecular complexity index is 814. The van der Waals surface area contributed by atoms with Crippen molar-refractivity contribution in [3.8, 4) is 0 Å². The van der Waals surface area contributed by atoms with Gasteiger partial charge in [-0.15, -0.1) is 0 Å². The summed E-state index contributed by atoms with van der Waals surface area (Å²) in [5.41, 5.74) is 0.560. The minimum Gasteiger partial charge on any atom is -0.461 e. The van der Waals surface area contributed by atoms with Crippen molar-refractivity contribution < 1.29 is 26.4 Å². The van der Waals surface area contributed by atoms with E-state index in [2.05, 4.69) is 0 Å². The van der Waals surface area contributed by atoms with Crippen LogP contribution in [0.1, 0.15) is 18.4 Å². The van der Waals surface area contributed by atoms with E-state index in [0.717, 1.165) is 4.31 Å². The molecule has 0 saturated carbocycles. The monoisotopic (exact) mass is 375 g/mol. The van der Waals surface area contributed by atoms with E-state index in [1.807, 2.05) is 0 Å². The number of benzene rings is 1. The maximum atomic E-state index is 12.1. The largest absolute Gasteiger partial charge is 0.461 e. The Morgan fingerprint density at radius 3 is 2.62 bits per heavy atom. The summed E-state index contributed by atoms with van der Waals surface area (Å²) in [7, 11) is -3.68. The molecule has 0 radical (unpaired) electrons.